The van der Waals surface area contributed by atoms with E-state index in [9.17, 15) is 4.79 Å². The molecule has 0 aliphatic heterocycles. The molecule has 0 amide bonds. The zero-order valence-corrected chi connectivity index (χ0v) is 9.02. The second-order valence-corrected chi connectivity index (χ2v) is 3.91. The molecule has 4 heteroatoms. The molecule has 1 rings (SSSR count). The highest BCUT2D eigenvalue weighted by atomic mass is 32.1. The molecular weight excluding hydrogens is 184 g/mol. The Hall–Kier alpha value is -0.770. The summed E-state index contributed by atoms with van der Waals surface area (Å²) in [5.41, 5.74) is 0. The Balaban J connectivity index is 2.73. The van der Waals surface area contributed by atoms with Gasteiger partial charge < -0.3 is 0 Å². The molecule has 0 radical (unpaired) electrons. The van der Waals surface area contributed by atoms with E-state index in [-0.39, 0.29) is 11.7 Å². The van der Waals surface area contributed by atoms with E-state index in [4.69, 9.17) is 0 Å². The monoisotopic (exact) mass is 198 g/mol. The molecule has 0 fully saturated rings. The fourth-order valence-corrected chi connectivity index (χ4v) is 1.74. The Labute approximate surface area is 82.4 Å². The van der Waals surface area contributed by atoms with Crippen LogP contribution in [-0.4, -0.2) is 15.1 Å². The van der Waals surface area contributed by atoms with Crippen LogP contribution in [0.5, 0.6) is 0 Å². The van der Waals surface area contributed by atoms with Crippen molar-refractivity contribution < 1.29 is 4.79 Å². The molecular formula is C9H14N2OS. The third-order valence-electron chi connectivity index (χ3n) is 1.94. The summed E-state index contributed by atoms with van der Waals surface area (Å²) in [5, 5.41) is 0.843. The number of aryl methyl sites for hydroxylation is 1. The topological polar surface area (TPSA) is 42.9 Å². The Morgan fingerprint density at radius 2 is 2.31 bits per heavy atom. The summed E-state index contributed by atoms with van der Waals surface area (Å²) in [6.45, 7) is 5.55. The Morgan fingerprint density at radius 3 is 2.85 bits per heavy atom. The first-order chi connectivity index (χ1) is 6.15. The Kier molecular flexibility index (Phi) is 3.54. The average Bonchev–Trinajstić information content (AvgIpc) is 2.52. The fraction of sp³-hybridized carbons (Fsp3) is 0.667. The van der Waals surface area contributed by atoms with Crippen molar-refractivity contribution in [3.05, 3.63) is 10.8 Å². The summed E-state index contributed by atoms with van der Waals surface area (Å²) >= 11 is 1.34. The molecule has 0 aromatic carbocycles. The zero-order valence-electron chi connectivity index (χ0n) is 8.20. The third-order valence-corrected chi connectivity index (χ3v) is 2.87. The van der Waals surface area contributed by atoms with Gasteiger partial charge in [-0.15, -0.1) is 0 Å². The lowest BCUT2D eigenvalue weighted by Crippen LogP contribution is -2.03. The summed E-state index contributed by atoms with van der Waals surface area (Å²) in [4.78, 5) is 15.4. The van der Waals surface area contributed by atoms with Crippen LogP contribution in [0.2, 0.25) is 0 Å². The van der Waals surface area contributed by atoms with Crippen LogP contribution >= 0.6 is 11.5 Å². The van der Waals surface area contributed by atoms with Crippen LogP contribution < -0.4 is 0 Å². The molecule has 1 aromatic heterocycles. The maximum atomic E-state index is 11.1. The molecule has 1 unspecified atom stereocenters. The molecule has 0 aliphatic rings. The minimum absolute atomic E-state index is 0.0943. The fourth-order valence-electron chi connectivity index (χ4n) is 0.942. The number of hydrogen-bond acceptors (Lipinski definition) is 4. The highest BCUT2D eigenvalue weighted by Gasteiger charge is 2.15. The minimum atomic E-state index is -0.0943. The standard InChI is InChI=1S/C9H14N2OS/c1-4-5-8-10-9(13-11-8)6(2)7(3)12/h6H,4-5H2,1-3H3. The first kappa shape index (κ1) is 10.3. The first-order valence-electron chi connectivity index (χ1n) is 4.48. The first-order valence-corrected chi connectivity index (χ1v) is 5.25. The lowest BCUT2D eigenvalue weighted by molar-refractivity contribution is -0.118. The number of ketones is 1. The van der Waals surface area contributed by atoms with Gasteiger partial charge in [0.25, 0.3) is 0 Å². The molecule has 72 valence electrons. The summed E-state index contributed by atoms with van der Waals surface area (Å²) < 4.78 is 4.19. The van der Waals surface area contributed by atoms with E-state index in [1.165, 1.54) is 11.5 Å². The molecule has 0 spiro atoms. The highest BCUT2D eigenvalue weighted by molar-refractivity contribution is 7.05. The van der Waals surface area contributed by atoms with Crippen LogP contribution in [-0.2, 0) is 11.2 Å². The molecule has 0 aliphatic carbocycles. The van der Waals surface area contributed by atoms with Gasteiger partial charge in [0, 0.05) is 6.42 Å². The van der Waals surface area contributed by atoms with Gasteiger partial charge in [0.15, 0.2) is 0 Å². The number of hydrogen-bond donors (Lipinski definition) is 0. The van der Waals surface area contributed by atoms with Gasteiger partial charge in [0.1, 0.15) is 16.6 Å². The van der Waals surface area contributed by atoms with Crippen molar-refractivity contribution in [2.75, 3.05) is 0 Å². The molecule has 3 nitrogen and oxygen atoms in total. The molecule has 0 N–H and O–H groups in total. The molecule has 1 atom stereocenters. The molecule has 1 aromatic rings. The quantitative estimate of drug-likeness (QED) is 0.744. The van der Waals surface area contributed by atoms with Crippen molar-refractivity contribution in [3.63, 3.8) is 0 Å². The number of Topliss-reactive ketones (excluding diaryl/α,β-unsaturated/α-hetero) is 1. The van der Waals surface area contributed by atoms with Gasteiger partial charge in [0.2, 0.25) is 0 Å². The lowest BCUT2D eigenvalue weighted by Gasteiger charge is -1.99. The second kappa shape index (κ2) is 4.46. The van der Waals surface area contributed by atoms with Crippen LogP contribution in [0, 0.1) is 0 Å². The average molecular weight is 198 g/mol. The van der Waals surface area contributed by atoms with Crippen molar-refractivity contribution in [1.82, 2.24) is 9.36 Å². The normalized spacial score (nSPS) is 12.8. The Bertz CT molecular complexity index is 296. The van der Waals surface area contributed by atoms with Crippen LogP contribution in [0.4, 0.5) is 0 Å². The number of nitrogens with zero attached hydrogens (tertiary/aromatic N) is 2. The summed E-state index contributed by atoms with van der Waals surface area (Å²) in [6, 6.07) is 0. The van der Waals surface area contributed by atoms with E-state index >= 15 is 0 Å². The van der Waals surface area contributed by atoms with Crippen molar-refractivity contribution in [2.24, 2.45) is 0 Å². The summed E-state index contributed by atoms with van der Waals surface area (Å²) in [7, 11) is 0. The van der Waals surface area contributed by atoms with Gasteiger partial charge in [-0.2, -0.15) is 4.37 Å². The van der Waals surface area contributed by atoms with Crippen molar-refractivity contribution in [1.29, 1.82) is 0 Å². The van der Waals surface area contributed by atoms with E-state index < -0.39 is 0 Å². The number of carbonyl (C=O) groups is 1. The summed E-state index contributed by atoms with van der Waals surface area (Å²) in [6.07, 6.45) is 1.95. The SMILES string of the molecule is CCCc1nsc(C(C)C(C)=O)n1. The van der Waals surface area contributed by atoms with Gasteiger partial charge in [-0.25, -0.2) is 4.98 Å². The van der Waals surface area contributed by atoms with Gasteiger partial charge in [-0.3, -0.25) is 4.79 Å². The predicted octanol–water partition coefficient (Wildman–Crippen LogP) is 2.18. The number of carbonyl (C=O) groups excluding carboxylic acids is 1. The van der Waals surface area contributed by atoms with Gasteiger partial charge in [-0.1, -0.05) is 6.92 Å². The van der Waals surface area contributed by atoms with E-state index in [1.54, 1.807) is 6.92 Å². The van der Waals surface area contributed by atoms with E-state index in [1.807, 2.05) is 6.92 Å². The summed E-state index contributed by atoms with van der Waals surface area (Å²) in [5.74, 6) is 0.929. The smallest absolute Gasteiger partial charge is 0.142 e. The number of aromatic nitrogens is 2. The van der Waals surface area contributed by atoms with Crippen LogP contribution in [0.1, 0.15) is 43.9 Å². The van der Waals surface area contributed by atoms with Gasteiger partial charge in [0.05, 0.1) is 5.92 Å². The third kappa shape index (κ3) is 2.59. The molecule has 13 heavy (non-hydrogen) atoms. The van der Waals surface area contributed by atoms with E-state index in [2.05, 4.69) is 16.3 Å². The van der Waals surface area contributed by atoms with Crippen molar-refractivity contribution in [2.45, 2.75) is 39.5 Å². The minimum Gasteiger partial charge on any atom is -0.299 e. The molecule has 0 saturated heterocycles. The van der Waals surface area contributed by atoms with Crippen molar-refractivity contribution in [3.8, 4) is 0 Å². The predicted molar refractivity (Wildman–Crippen MR) is 53.0 cm³/mol. The largest absolute Gasteiger partial charge is 0.299 e. The maximum Gasteiger partial charge on any atom is 0.142 e. The van der Waals surface area contributed by atoms with Gasteiger partial charge in [-0.05, 0) is 31.8 Å². The van der Waals surface area contributed by atoms with Crippen LogP contribution in [0.15, 0.2) is 0 Å². The maximum absolute atomic E-state index is 11.1. The molecule has 0 bridgehead atoms. The lowest BCUT2D eigenvalue weighted by atomic mass is 10.1. The van der Waals surface area contributed by atoms with E-state index in [0.717, 1.165) is 23.7 Å². The van der Waals surface area contributed by atoms with Gasteiger partial charge >= 0.3 is 0 Å². The second-order valence-electron chi connectivity index (χ2n) is 3.13. The Morgan fingerprint density at radius 1 is 1.62 bits per heavy atom. The van der Waals surface area contributed by atoms with Crippen molar-refractivity contribution >= 4 is 17.3 Å². The van der Waals surface area contributed by atoms with Crippen LogP contribution in [0.25, 0.3) is 0 Å². The number of rotatable bonds is 4. The zero-order chi connectivity index (χ0) is 9.84. The highest BCUT2D eigenvalue weighted by Crippen LogP contribution is 2.18. The van der Waals surface area contributed by atoms with E-state index in [0.29, 0.717) is 0 Å². The molecule has 1 heterocycles. The molecule has 0 saturated carbocycles. The van der Waals surface area contributed by atoms with Crippen LogP contribution in [0.3, 0.4) is 0 Å².